The van der Waals surface area contributed by atoms with Crippen molar-refractivity contribution < 1.29 is 8.42 Å². The van der Waals surface area contributed by atoms with Gasteiger partial charge in [0.15, 0.2) is 0 Å². The van der Waals surface area contributed by atoms with Crippen molar-refractivity contribution in [2.24, 2.45) is 11.1 Å². The van der Waals surface area contributed by atoms with Crippen molar-refractivity contribution in [1.82, 2.24) is 4.72 Å². The molecule has 1 fully saturated rings. The number of sulfonamides is 1. The largest absolute Gasteiger partial charge is 0.330 e. The Hall–Kier alpha value is -0.910. The highest BCUT2D eigenvalue weighted by molar-refractivity contribution is 7.89. The van der Waals surface area contributed by atoms with Crippen LogP contribution < -0.4 is 10.5 Å². The van der Waals surface area contributed by atoms with Gasteiger partial charge in [0.1, 0.15) is 0 Å². The maximum atomic E-state index is 12.4. The van der Waals surface area contributed by atoms with Gasteiger partial charge in [-0.15, -0.1) is 0 Å². The Morgan fingerprint density at radius 3 is 2.52 bits per heavy atom. The molecular weight excluding hydrogens is 284 g/mol. The number of hydrogen-bond acceptors (Lipinski definition) is 3. The molecule has 1 saturated carbocycles. The predicted molar refractivity (Wildman–Crippen MR) is 85.6 cm³/mol. The van der Waals surface area contributed by atoms with Gasteiger partial charge in [0.25, 0.3) is 0 Å². The van der Waals surface area contributed by atoms with Crippen LogP contribution in [0.2, 0.25) is 0 Å². The van der Waals surface area contributed by atoms with E-state index in [9.17, 15) is 8.42 Å². The zero-order valence-electron chi connectivity index (χ0n) is 12.9. The second-order valence-electron chi connectivity index (χ2n) is 6.76. The molecule has 2 rings (SSSR count). The lowest BCUT2D eigenvalue weighted by molar-refractivity contribution is 0.212. The topological polar surface area (TPSA) is 72.2 Å². The van der Waals surface area contributed by atoms with Crippen LogP contribution in [0.15, 0.2) is 29.2 Å². The molecule has 0 spiro atoms. The van der Waals surface area contributed by atoms with Crippen molar-refractivity contribution in [3.8, 4) is 0 Å². The Kier molecular flexibility index (Phi) is 5.07. The highest BCUT2D eigenvalue weighted by Gasteiger charge is 2.30. The van der Waals surface area contributed by atoms with Gasteiger partial charge in [-0.2, -0.15) is 0 Å². The maximum Gasteiger partial charge on any atom is 0.240 e. The van der Waals surface area contributed by atoms with Gasteiger partial charge in [0.2, 0.25) is 10.0 Å². The average Bonchev–Trinajstić information content (AvgIpc) is 2.38. The van der Waals surface area contributed by atoms with Crippen molar-refractivity contribution in [2.45, 2.75) is 56.9 Å². The van der Waals surface area contributed by atoms with E-state index < -0.39 is 10.0 Å². The van der Waals surface area contributed by atoms with E-state index in [4.69, 9.17) is 5.73 Å². The zero-order chi connectivity index (χ0) is 15.5. The fourth-order valence-corrected chi connectivity index (χ4v) is 4.36. The third-order valence-corrected chi connectivity index (χ3v) is 5.73. The summed E-state index contributed by atoms with van der Waals surface area (Å²) in [6.07, 6.45) is 4.84. The SMILES string of the molecule is CC1(C)CCCC(NS(=O)(=O)c2ccc(CCN)cc2)C1. The van der Waals surface area contributed by atoms with Crippen molar-refractivity contribution >= 4 is 10.0 Å². The smallest absolute Gasteiger partial charge is 0.240 e. The lowest BCUT2D eigenvalue weighted by Gasteiger charge is -2.35. The Bertz CT molecular complexity index is 564. The van der Waals surface area contributed by atoms with Crippen LogP contribution in [0.1, 0.15) is 45.1 Å². The van der Waals surface area contributed by atoms with Crippen LogP contribution >= 0.6 is 0 Å². The van der Waals surface area contributed by atoms with Gasteiger partial charge < -0.3 is 5.73 Å². The highest BCUT2D eigenvalue weighted by atomic mass is 32.2. The van der Waals surface area contributed by atoms with Gasteiger partial charge in [-0.3, -0.25) is 0 Å². The third kappa shape index (κ3) is 4.53. The highest BCUT2D eigenvalue weighted by Crippen LogP contribution is 2.35. The van der Waals surface area contributed by atoms with Gasteiger partial charge in [-0.05, 0) is 55.3 Å². The molecule has 0 amide bonds. The van der Waals surface area contributed by atoms with Gasteiger partial charge in [-0.1, -0.05) is 32.4 Å². The van der Waals surface area contributed by atoms with E-state index in [2.05, 4.69) is 18.6 Å². The first-order chi connectivity index (χ1) is 9.82. The molecule has 1 aliphatic carbocycles. The summed E-state index contributed by atoms with van der Waals surface area (Å²) in [6.45, 7) is 4.98. The van der Waals surface area contributed by atoms with Crippen LogP contribution in [0.25, 0.3) is 0 Å². The van der Waals surface area contributed by atoms with E-state index in [0.29, 0.717) is 11.4 Å². The number of nitrogens with two attached hydrogens (primary N) is 1. The summed E-state index contributed by atoms with van der Waals surface area (Å²) in [5, 5.41) is 0. The average molecular weight is 310 g/mol. The first-order valence-electron chi connectivity index (χ1n) is 7.64. The minimum atomic E-state index is -3.42. The van der Waals surface area contributed by atoms with E-state index in [-0.39, 0.29) is 11.5 Å². The lowest BCUT2D eigenvalue weighted by atomic mass is 9.75. The molecule has 4 nitrogen and oxygen atoms in total. The first-order valence-corrected chi connectivity index (χ1v) is 9.12. The molecular formula is C16H26N2O2S. The van der Waals surface area contributed by atoms with Crippen LogP contribution in [0.4, 0.5) is 0 Å². The second-order valence-corrected chi connectivity index (χ2v) is 8.48. The Morgan fingerprint density at radius 2 is 1.95 bits per heavy atom. The molecule has 118 valence electrons. The summed E-state index contributed by atoms with van der Waals surface area (Å²) < 4.78 is 27.8. The lowest BCUT2D eigenvalue weighted by Crippen LogP contribution is -2.40. The van der Waals surface area contributed by atoms with Gasteiger partial charge >= 0.3 is 0 Å². The van der Waals surface area contributed by atoms with E-state index >= 15 is 0 Å². The van der Waals surface area contributed by atoms with Crippen LogP contribution in [0.5, 0.6) is 0 Å². The van der Waals surface area contributed by atoms with Crippen LogP contribution in [0, 0.1) is 5.41 Å². The maximum absolute atomic E-state index is 12.4. The Balaban J connectivity index is 2.07. The normalized spacial score (nSPS) is 22.1. The van der Waals surface area contributed by atoms with Crippen molar-refractivity contribution in [3.63, 3.8) is 0 Å². The predicted octanol–water partition coefficient (Wildman–Crippen LogP) is 2.43. The monoisotopic (exact) mass is 310 g/mol. The molecule has 1 aliphatic rings. The summed E-state index contributed by atoms with van der Waals surface area (Å²) in [5.41, 5.74) is 6.79. The molecule has 1 aromatic carbocycles. The standard InChI is InChI=1S/C16H26N2O2S/c1-16(2)10-3-4-14(12-16)18-21(19,20)15-7-5-13(6-8-15)9-11-17/h5-8,14,18H,3-4,9-12,17H2,1-2H3. The van der Waals surface area contributed by atoms with Crippen LogP contribution in [0.3, 0.4) is 0 Å². The van der Waals surface area contributed by atoms with Gasteiger partial charge in [-0.25, -0.2) is 13.1 Å². The van der Waals surface area contributed by atoms with Gasteiger partial charge in [0, 0.05) is 6.04 Å². The van der Waals surface area contributed by atoms with Crippen molar-refractivity contribution in [2.75, 3.05) is 6.54 Å². The summed E-state index contributed by atoms with van der Waals surface area (Å²) in [7, 11) is -3.42. The van der Waals surface area contributed by atoms with E-state index in [0.717, 1.165) is 31.2 Å². The van der Waals surface area contributed by atoms with Crippen LogP contribution in [-0.4, -0.2) is 21.0 Å². The molecule has 21 heavy (non-hydrogen) atoms. The molecule has 1 unspecified atom stereocenters. The number of hydrogen-bond donors (Lipinski definition) is 2. The molecule has 0 saturated heterocycles. The van der Waals surface area contributed by atoms with E-state index in [1.54, 1.807) is 12.1 Å². The molecule has 0 radical (unpaired) electrons. The van der Waals surface area contributed by atoms with Crippen molar-refractivity contribution in [1.29, 1.82) is 0 Å². The van der Waals surface area contributed by atoms with Gasteiger partial charge in [0.05, 0.1) is 4.90 Å². The summed E-state index contributed by atoms with van der Waals surface area (Å²) in [4.78, 5) is 0.339. The molecule has 0 heterocycles. The second kappa shape index (κ2) is 6.46. The Morgan fingerprint density at radius 1 is 1.29 bits per heavy atom. The number of benzene rings is 1. The molecule has 3 N–H and O–H groups in total. The Labute approximate surface area is 128 Å². The quantitative estimate of drug-likeness (QED) is 0.877. The summed E-state index contributed by atoms with van der Waals surface area (Å²) in [5.74, 6) is 0. The van der Waals surface area contributed by atoms with Crippen LogP contribution in [-0.2, 0) is 16.4 Å². The molecule has 5 heteroatoms. The molecule has 0 aromatic heterocycles. The molecule has 0 bridgehead atoms. The fourth-order valence-electron chi connectivity index (χ4n) is 3.09. The fraction of sp³-hybridized carbons (Fsp3) is 0.625. The first kappa shape index (κ1) is 16.5. The minimum Gasteiger partial charge on any atom is -0.330 e. The summed E-state index contributed by atoms with van der Waals surface area (Å²) >= 11 is 0. The van der Waals surface area contributed by atoms with E-state index in [1.165, 1.54) is 6.42 Å². The zero-order valence-corrected chi connectivity index (χ0v) is 13.7. The summed E-state index contributed by atoms with van der Waals surface area (Å²) in [6, 6.07) is 7.06. The molecule has 0 aliphatic heterocycles. The van der Waals surface area contributed by atoms with Crippen molar-refractivity contribution in [3.05, 3.63) is 29.8 Å². The van der Waals surface area contributed by atoms with E-state index in [1.807, 2.05) is 12.1 Å². The number of nitrogens with one attached hydrogen (secondary N) is 1. The third-order valence-electron chi connectivity index (χ3n) is 4.19. The molecule has 1 atom stereocenters. The molecule has 1 aromatic rings. The number of rotatable bonds is 5. The minimum absolute atomic E-state index is 0.0440.